The predicted molar refractivity (Wildman–Crippen MR) is 121 cm³/mol. The second-order valence-electron chi connectivity index (χ2n) is 7.38. The van der Waals surface area contributed by atoms with Crippen molar-refractivity contribution in [1.82, 2.24) is 10.3 Å². The van der Waals surface area contributed by atoms with Crippen LogP contribution in [-0.2, 0) is 22.4 Å². The van der Waals surface area contributed by atoms with Gasteiger partial charge in [-0.05, 0) is 43.5 Å². The van der Waals surface area contributed by atoms with Crippen molar-refractivity contribution in [2.24, 2.45) is 0 Å². The lowest BCUT2D eigenvalue weighted by molar-refractivity contribution is -0.385. The Labute approximate surface area is 185 Å². The number of aromatic nitrogens is 1. The van der Waals surface area contributed by atoms with Crippen LogP contribution in [0.3, 0.4) is 0 Å². The maximum atomic E-state index is 12.6. The van der Waals surface area contributed by atoms with E-state index >= 15 is 0 Å². The SMILES string of the molecule is CCc1ccc(NC(=O)C(=O)NC(Cc2ccc(C)cc2)c2ccccn2)cc1[N+](=O)[O-]. The molecule has 0 saturated carbocycles. The number of anilines is 1. The first-order valence-electron chi connectivity index (χ1n) is 10.2. The van der Waals surface area contributed by atoms with Gasteiger partial charge >= 0.3 is 11.8 Å². The van der Waals surface area contributed by atoms with E-state index in [2.05, 4.69) is 15.6 Å². The van der Waals surface area contributed by atoms with E-state index in [1.165, 1.54) is 6.07 Å². The van der Waals surface area contributed by atoms with Gasteiger partial charge in [-0.25, -0.2) is 0 Å². The smallest absolute Gasteiger partial charge is 0.313 e. The highest BCUT2D eigenvalue weighted by Crippen LogP contribution is 2.24. The van der Waals surface area contributed by atoms with Crippen molar-refractivity contribution in [3.8, 4) is 0 Å². The van der Waals surface area contributed by atoms with Gasteiger partial charge < -0.3 is 10.6 Å². The average Bonchev–Trinajstić information content (AvgIpc) is 2.80. The first-order valence-corrected chi connectivity index (χ1v) is 10.2. The van der Waals surface area contributed by atoms with Gasteiger partial charge in [-0.3, -0.25) is 24.7 Å². The van der Waals surface area contributed by atoms with Gasteiger partial charge in [0, 0.05) is 23.5 Å². The number of hydrogen-bond donors (Lipinski definition) is 2. The summed E-state index contributed by atoms with van der Waals surface area (Å²) in [4.78, 5) is 40.2. The third kappa shape index (κ3) is 5.75. The van der Waals surface area contributed by atoms with Crippen molar-refractivity contribution >= 4 is 23.2 Å². The fourth-order valence-electron chi connectivity index (χ4n) is 3.29. The van der Waals surface area contributed by atoms with E-state index in [9.17, 15) is 19.7 Å². The van der Waals surface area contributed by atoms with Gasteiger partial charge in [0.2, 0.25) is 0 Å². The molecule has 2 N–H and O–H groups in total. The van der Waals surface area contributed by atoms with Crippen molar-refractivity contribution in [3.63, 3.8) is 0 Å². The molecule has 1 aromatic heterocycles. The minimum Gasteiger partial charge on any atom is -0.339 e. The Hall–Kier alpha value is -4.07. The van der Waals surface area contributed by atoms with Gasteiger partial charge in [-0.15, -0.1) is 0 Å². The molecule has 8 nitrogen and oxygen atoms in total. The number of nitrogens with zero attached hydrogens (tertiary/aromatic N) is 2. The number of aryl methyl sites for hydroxylation is 2. The maximum absolute atomic E-state index is 12.6. The number of carbonyl (C=O) groups is 2. The number of nitro benzene ring substituents is 1. The van der Waals surface area contributed by atoms with Gasteiger partial charge in [-0.2, -0.15) is 0 Å². The molecule has 0 fully saturated rings. The summed E-state index contributed by atoms with van der Waals surface area (Å²) in [7, 11) is 0. The molecule has 0 saturated heterocycles. The Kier molecular flexibility index (Phi) is 7.28. The molecular formula is C24H24N4O4. The molecule has 32 heavy (non-hydrogen) atoms. The Morgan fingerprint density at radius 2 is 1.81 bits per heavy atom. The quantitative estimate of drug-likeness (QED) is 0.334. The summed E-state index contributed by atoms with van der Waals surface area (Å²) in [5.41, 5.74) is 3.36. The molecular weight excluding hydrogens is 408 g/mol. The Morgan fingerprint density at radius 1 is 1.06 bits per heavy atom. The molecule has 0 radical (unpaired) electrons. The minimum absolute atomic E-state index is 0.101. The van der Waals surface area contributed by atoms with Crippen molar-refractivity contribution in [3.05, 3.63) is 99.4 Å². The lowest BCUT2D eigenvalue weighted by Crippen LogP contribution is -2.38. The number of hydrogen-bond acceptors (Lipinski definition) is 5. The molecule has 8 heteroatoms. The average molecular weight is 432 g/mol. The molecule has 1 unspecified atom stereocenters. The van der Waals surface area contributed by atoms with Crippen molar-refractivity contribution in [1.29, 1.82) is 0 Å². The third-order valence-electron chi connectivity index (χ3n) is 5.04. The van der Waals surface area contributed by atoms with Gasteiger partial charge in [0.1, 0.15) is 0 Å². The van der Waals surface area contributed by atoms with Gasteiger partial charge in [0.25, 0.3) is 5.69 Å². The largest absolute Gasteiger partial charge is 0.339 e. The first kappa shape index (κ1) is 22.6. The summed E-state index contributed by atoms with van der Waals surface area (Å²) in [6, 6.07) is 17.1. The van der Waals surface area contributed by atoms with Crippen LogP contribution in [0.15, 0.2) is 66.9 Å². The molecule has 3 rings (SSSR count). The van der Waals surface area contributed by atoms with E-state index in [-0.39, 0.29) is 11.4 Å². The van der Waals surface area contributed by atoms with Crippen LogP contribution in [0.2, 0.25) is 0 Å². The van der Waals surface area contributed by atoms with Crippen LogP contribution in [0, 0.1) is 17.0 Å². The van der Waals surface area contributed by atoms with E-state index in [1.807, 2.05) is 37.3 Å². The highest BCUT2D eigenvalue weighted by atomic mass is 16.6. The Morgan fingerprint density at radius 3 is 2.44 bits per heavy atom. The molecule has 164 valence electrons. The van der Waals surface area contributed by atoms with E-state index in [4.69, 9.17) is 0 Å². The molecule has 1 atom stereocenters. The summed E-state index contributed by atoms with van der Waals surface area (Å²) in [6.07, 6.45) is 2.56. The first-order chi connectivity index (χ1) is 15.4. The third-order valence-corrected chi connectivity index (χ3v) is 5.04. The second-order valence-corrected chi connectivity index (χ2v) is 7.38. The Balaban J connectivity index is 1.75. The van der Waals surface area contributed by atoms with Crippen LogP contribution < -0.4 is 10.6 Å². The fraction of sp³-hybridized carbons (Fsp3) is 0.208. The summed E-state index contributed by atoms with van der Waals surface area (Å²) >= 11 is 0. The number of benzene rings is 2. The van der Waals surface area contributed by atoms with Gasteiger partial charge in [-0.1, -0.05) is 48.9 Å². The molecule has 0 aliphatic heterocycles. The van der Waals surface area contributed by atoms with Crippen LogP contribution in [-0.4, -0.2) is 21.7 Å². The zero-order chi connectivity index (χ0) is 23.1. The second kappa shape index (κ2) is 10.3. The van der Waals surface area contributed by atoms with Crippen LogP contribution in [0.5, 0.6) is 0 Å². The van der Waals surface area contributed by atoms with Crippen LogP contribution in [0.25, 0.3) is 0 Å². The number of nitrogens with one attached hydrogen (secondary N) is 2. The molecule has 0 spiro atoms. The summed E-state index contributed by atoms with van der Waals surface area (Å²) in [5, 5.41) is 16.4. The number of carbonyl (C=O) groups excluding carboxylic acids is 2. The minimum atomic E-state index is -0.909. The highest BCUT2D eigenvalue weighted by Gasteiger charge is 2.22. The molecule has 2 amide bonds. The van der Waals surface area contributed by atoms with Gasteiger partial charge in [0.15, 0.2) is 0 Å². The van der Waals surface area contributed by atoms with Crippen LogP contribution in [0.1, 0.15) is 35.3 Å². The number of pyridine rings is 1. The van der Waals surface area contributed by atoms with E-state index in [0.29, 0.717) is 24.1 Å². The predicted octanol–water partition coefficient (Wildman–Crippen LogP) is 3.90. The lowest BCUT2D eigenvalue weighted by atomic mass is 10.0. The Bertz CT molecular complexity index is 1110. The summed E-state index contributed by atoms with van der Waals surface area (Å²) in [6.45, 7) is 3.79. The fourth-order valence-corrected chi connectivity index (χ4v) is 3.29. The zero-order valence-electron chi connectivity index (χ0n) is 17.9. The molecule has 2 aromatic carbocycles. The maximum Gasteiger partial charge on any atom is 0.313 e. The number of nitro groups is 1. The topological polar surface area (TPSA) is 114 Å². The molecule has 3 aromatic rings. The number of rotatable bonds is 7. The zero-order valence-corrected chi connectivity index (χ0v) is 17.9. The van der Waals surface area contributed by atoms with Crippen LogP contribution in [0.4, 0.5) is 11.4 Å². The van der Waals surface area contributed by atoms with E-state index < -0.39 is 22.8 Å². The van der Waals surface area contributed by atoms with Crippen molar-refractivity contribution in [2.45, 2.75) is 32.7 Å². The van der Waals surface area contributed by atoms with Gasteiger partial charge in [0.05, 0.1) is 16.7 Å². The highest BCUT2D eigenvalue weighted by molar-refractivity contribution is 6.39. The standard InChI is InChI=1S/C24H24N4O4/c1-3-18-11-12-19(15-22(18)28(31)32)26-23(29)24(30)27-21(20-6-4-5-13-25-20)14-17-9-7-16(2)8-10-17/h4-13,15,21H,3,14H2,1-2H3,(H,26,29)(H,27,30). The molecule has 1 heterocycles. The van der Waals surface area contributed by atoms with Crippen molar-refractivity contribution in [2.75, 3.05) is 5.32 Å². The molecule has 0 aliphatic carbocycles. The normalized spacial score (nSPS) is 11.4. The van der Waals surface area contributed by atoms with Crippen molar-refractivity contribution < 1.29 is 14.5 Å². The summed E-state index contributed by atoms with van der Waals surface area (Å²) in [5.74, 6) is -1.76. The lowest BCUT2D eigenvalue weighted by Gasteiger charge is -2.18. The van der Waals surface area contributed by atoms with E-state index in [0.717, 1.165) is 11.1 Å². The monoisotopic (exact) mass is 432 g/mol. The van der Waals surface area contributed by atoms with E-state index in [1.54, 1.807) is 37.4 Å². The molecule has 0 aliphatic rings. The number of amides is 2. The van der Waals surface area contributed by atoms with Crippen LogP contribution >= 0.6 is 0 Å². The molecule has 0 bridgehead atoms. The summed E-state index contributed by atoms with van der Waals surface area (Å²) < 4.78 is 0.